The minimum Gasteiger partial charge on any atom is -0.476 e. The third kappa shape index (κ3) is 2.94. The van der Waals surface area contributed by atoms with E-state index in [1.54, 1.807) is 25.1 Å². The monoisotopic (exact) mass is 297 g/mol. The molecule has 0 radical (unpaired) electrons. The number of rotatable bonds is 3. The summed E-state index contributed by atoms with van der Waals surface area (Å²) in [6.45, 7) is 1.63. The molecule has 0 spiro atoms. The summed E-state index contributed by atoms with van der Waals surface area (Å²) in [5, 5.41) is 12.8. The lowest BCUT2D eigenvalue weighted by atomic mass is 10.2. The second-order valence-corrected chi connectivity index (χ2v) is 4.57. The van der Waals surface area contributed by atoms with Gasteiger partial charge in [-0.2, -0.15) is 0 Å². The molecular weight excluding hydrogens is 289 g/mol. The molecule has 0 bridgehead atoms. The number of carboxylic acids is 1. The Morgan fingerprint density at radius 3 is 2.63 bits per heavy atom. The first-order chi connectivity index (χ1) is 8.99. The smallest absolute Gasteiger partial charge is 0.354 e. The predicted octanol–water partition coefficient (Wildman–Crippen LogP) is 3.53. The van der Waals surface area contributed by atoms with Crippen LogP contribution in [-0.4, -0.2) is 21.0 Å². The van der Waals surface area contributed by atoms with Crippen molar-refractivity contribution in [2.24, 2.45) is 0 Å². The van der Waals surface area contributed by atoms with Crippen LogP contribution in [0, 0.1) is 6.92 Å². The van der Waals surface area contributed by atoms with Crippen molar-refractivity contribution in [3.8, 4) is 0 Å². The van der Waals surface area contributed by atoms with Gasteiger partial charge >= 0.3 is 5.97 Å². The lowest BCUT2D eigenvalue weighted by molar-refractivity contribution is 0.0689. The van der Waals surface area contributed by atoms with Crippen molar-refractivity contribution in [1.82, 2.24) is 9.97 Å². The maximum atomic E-state index is 11.0. The fraction of sp³-hybridized carbons (Fsp3) is 0.0833. The highest BCUT2D eigenvalue weighted by atomic mass is 35.5. The zero-order valence-corrected chi connectivity index (χ0v) is 11.3. The molecule has 0 unspecified atom stereocenters. The first-order valence-electron chi connectivity index (χ1n) is 5.26. The van der Waals surface area contributed by atoms with E-state index in [1.807, 2.05) is 0 Å². The number of aromatic carboxylic acids is 1. The van der Waals surface area contributed by atoms with Crippen molar-refractivity contribution in [2.75, 3.05) is 5.32 Å². The molecule has 2 N–H and O–H groups in total. The molecule has 1 heterocycles. The number of halogens is 2. The molecule has 0 saturated carbocycles. The minimum absolute atomic E-state index is 0.0439. The Morgan fingerprint density at radius 1 is 1.26 bits per heavy atom. The van der Waals surface area contributed by atoms with Crippen LogP contribution in [0.4, 0.5) is 11.5 Å². The molecule has 0 fully saturated rings. The van der Waals surface area contributed by atoms with E-state index < -0.39 is 5.97 Å². The van der Waals surface area contributed by atoms with E-state index in [0.29, 0.717) is 27.1 Å². The maximum Gasteiger partial charge on any atom is 0.354 e. The Bertz CT molecular complexity index is 647. The second-order valence-electron chi connectivity index (χ2n) is 3.75. The number of carboxylic acid groups (broad SMARTS) is 1. The number of hydrogen-bond acceptors (Lipinski definition) is 4. The van der Waals surface area contributed by atoms with Crippen LogP contribution in [0.2, 0.25) is 10.0 Å². The third-order valence-corrected chi connectivity index (χ3v) is 3.21. The van der Waals surface area contributed by atoms with Gasteiger partial charge in [0.2, 0.25) is 0 Å². The van der Waals surface area contributed by atoms with Crippen LogP contribution >= 0.6 is 23.2 Å². The van der Waals surface area contributed by atoms with Gasteiger partial charge in [0.1, 0.15) is 12.1 Å². The van der Waals surface area contributed by atoms with E-state index in [4.69, 9.17) is 28.3 Å². The van der Waals surface area contributed by atoms with Gasteiger partial charge in [-0.1, -0.05) is 23.2 Å². The molecule has 1 aromatic heterocycles. The lowest BCUT2D eigenvalue weighted by Gasteiger charge is -2.10. The highest BCUT2D eigenvalue weighted by Gasteiger charge is 2.13. The number of aromatic nitrogens is 2. The fourth-order valence-electron chi connectivity index (χ4n) is 1.50. The van der Waals surface area contributed by atoms with E-state index in [9.17, 15) is 4.79 Å². The molecule has 0 atom stereocenters. The molecule has 2 aromatic rings. The number of nitrogens with zero attached hydrogens (tertiary/aromatic N) is 2. The maximum absolute atomic E-state index is 11.0. The minimum atomic E-state index is -1.10. The van der Waals surface area contributed by atoms with Gasteiger partial charge < -0.3 is 10.4 Å². The lowest BCUT2D eigenvalue weighted by Crippen LogP contribution is -2.07. The number of carbonyl (C=O) groups is 1. The number of anilines is 2. The Kier molecular flexibility index (Phi) is 3.87. The molecule has 5 nitrogen and oxygen atoms in total. The van der Waals surface area contributed by atoms with E-state index in [2.05, 4.69) is 15.3 Å². The van der Waals surface area contributed by atoms with Crippen molar-refractivity contribution in [3.63, 3.8) is 0 Å². The van der Waals surface area contributed by atoms with Gasteiger partial charge in [0.05, 0.1) is 10.0 Å². The average Bonchev–Trinajstić information content (AvgIpc) is 2.36. The van der Waals surface area contributed by atoms with E-state index >= 15 is 0 Å². The molecule has 7 heteroatoms. The van der Waals surface area contributed by atoms with Crippen molar-refractivity contribution < 1.29 is 9.90 Å². The summed E-state index contributed by atoms with van der Waals surface area (Å²) in [7, 11) is 0. The summed E-state index contributed by atoms with van der Waals surface area (Å²) < 4.78 is 0. The highest BCUT2D eigenvalue weighted by molar-refractivity contribution is 6.42. The van der Waals surface area contributed by atoms with Gasteiger partial charge in [-0.15, -0.1) is 0 Å². The topological polar surface area (TPSA) is 75.1 Å². The summed E-state index contributed by atoms with van der Waals surface area (Å²) in [5.74, 6) is -0.692. The zero-order valence-electron chi connectivity index (χ0n) is 9.82. The van der Waals surface area contributed by atoms with E-state index in [-0.39, 0.29) is 5.69 Å². The van der Waals surface area contributed by atoms with Gasteiger partial charge in [0.15, 0.2) is 5.69 Å². The number of hydrogen-bond donors (Lipinski definition) is 2. The molecule has 0 aliphatic rings. The Labute approximate surface area is 119 Å². The molecule has 0 aliphatic carbocycles. The Morgan fingerprint density at radius 2 is 2.00 bits per heavy atom. The molecule has 2 rings (SSSR count). The molecule has 0 saturated heterocycles. The normalized spacial score (nSPS) is 10.3. The zero-order chi connectivity index (χ0) is 14.0. The van der Waals surface area contributed by atoms with E-state index in [0.717, 1.165) is 0 Å². The van der Waals surface area contributed by atoms with Crippen molar-refractivity contribution in [1.29, 1.82) is 0 Å². The van der Waals surface area contributed by atoms with Crippen LogP contribution < -0.4 is 5.32 Å². The highest BCUT2D eigenvalue weighted by Crippen LogP contribution is 2.27. The molecule has 19 heavy (non-hydrogen) atoms. The average molecular weight is 298 g/mol. The quantitative estimate of drug-likeness (QED) is 0.906. The van der Waals surface area contributed by atoms with Gasteiger partial charge in [-0.3, -0.25) is 0 Å². The Hall–Kier alpha value is -1.85. The van der Waals surface area contributed by atoms with Crippen LogP contribution in [0.25, 0.3) is 0 Å². The summed E-state index contributed by atoms with van der Waals surface area (Å²) in [6.07, 6.45) is 1.19. The van der Waals surface area contributed by atoms with Crippen LogP contribution in [-0.2, 0) is 0 Å². The van der Waals surface area contributed by atoms with Crippen molar-refractivity contribution >= 4 is 40.7 Å². The van der Waals surface area contributed by atoms with Crippen molar-refractivity contribution in [3.05, 3.63) is 45.8 Å². The van der Waals surface area contributed by atoms with Gasteiger partial charge in [0, 0.05) is 11.3 Å². The van der Waals surface area contributed by atoms with Gasteiger partial charge in [-0.05, 0) is 25.1 Å². The molecule has 0 aliphatic heterocycles. The SMILES string of the molecule is Cc1c(Nc2ccc(Cl)c(Cl)c2)ncnc1C(=O)O. The first-order valence-corrected chi connectivity index (χ1v) is 6.01. The van der Waals surface area contributed by atoms with Gasteiger partial charge in [-0.25, -0.2) is 14.8 Å². The predicted molar refractivity (Wildman–Crippen MR) is 73.5 cm³/mol. The standard InChI is InChI=1S/C12H9Cl2N3O2/c1-6-10(12(18)19)15-5-16-11(6)17-7-2-3-8(13)9(14)4-7/h2-5H,1H3,(H,18,19)(H,15,16,17). The van der Waals surface area contributed by atoms with Crippen LogP contribution in [0.1, 0.15) is 16.1 Å². The first kappa shape index (κ1) is 13.6. The molecule has 1 aromatic carbocycles. The van der Waals surface area contributed by atoms with Gasteiger partial charge in [0.25, 0.3) is 0 Å². The van der Waals surface area contributed by atoms with Crippen molar-refractivity contribution in [2.45, 2.75) is 6.92 Å². The van der Waals surface area contributed by atoms with Crippen LogP contribution in [0.5, 0.6) is 0 Å². The summed E-state index contributed by atoms with van der Waals surface area (Å²) in [4.78, 5) is 18.7. The number of benzene rings is 1. The second kappa shape index (κ2) is 5.42. The summed E-state index contributed by atoms with van der Waals surface area (Å²) in [5.41, 5.74) is 1.06. The summed E-state index contributed by atoms with van der Waals surface area (Å²) >= 11 is 11.7. The number of nitrogens with one attached hydrogen (secondary N) is 1. The Balaban J connectivity index is 2.35. The largest absolute Gasteiger partial charge is 0.476 e. The van der Waals surface area contributed by atoms with Crippen LogP contribution in [0.15, 0.2) is 24.5 Å². The molecular formula is C12H9Cl2N3O2. The molecule has 98 valence electrons. The van der Waals surface area contributed by atoms with Crippen LogP contribution in [0.3, 0.4) is 0 Å². The summed E-state index contributed by atoms with van der Waals surface area (Å²) in [6, 6.07) is 4.99. The third-order valence-electron chi connectivity index (χ3n) is 2.47. The fourth-order valence-corrected chi connectivity index (χ4v) is 1.80. The van der Waals surface area contributed by atoms with E-state index in [1.165, 1.54) is 6.33 Å². The molecule has 0 amide bonds.